The van der Waals surface area contributed by atoms with Crippen LogP contribution in [0.5, 0.6) is 0 Å². The average molecular weight is 402 g/mol. The van der Waals surface area contributed by atoms with Gasteiger partial charge in [0.1, 0.15) is 11.5 Å². The van der Waals surface area contributed by atoms with Gasteiger partial charge in [0, 0.05) is 53.7 Å². The molecular formula is C23H23FN6. The van der Waals surface area contributed by atoms with Gasteiger partial charge in [0.2, 0.25) is 0 Å². The van der Waals surface area contributed by atoms with Crippen molar-refractivity contribution in [2.75, 3.05) is 18.0 Å². The Hall–Kier alpha value is -3.32. The number of pyridine rings is 2. The highest BCUT2D eigenvalue weighted by molar-refractivity contribution is 5.95. The van der Waals surface area contributed by atoms with Crippen molar-refractivity contribution in [1.29, 1.82) is 0 Å². The fraction of sp³-hybridized carbons (Fsp3) is 0.261. The molecule has 1 atom stereocenters. The molecule has 0 amide bonds. The first-order valence-corrected chi connectivity index (χ1v) is 10.2. The molecule has 0 spiro atoms. The van der Waals surface area contributed by atoms with Crippen LogP contribution >= 0.6 is 0 Å². The number of fused-ring (bicyclic) bond motifs is 1. The Balaban J connectivity index is 1.59. The van der Waals surface area contributed by atoms with Crippen LogP contribution < -0.4 is 10.6 Å². The molecule has 7 heteroatoms. The van der Waals surface area contributed by atoms with Gasteiger partial charge in [0.05, 0.1) is 17.4 Å². The summed E-state index contributed by atoms with van der Waals surface area (Å²) >= 11 is 0. The van der Waals surface area contributed by atoms with Crippen molar-refractivity contribution in [3.63, 3.8) is 0 Å². The predicted molar refractivity (Wildman–Crippen MR) is 117 cm³/mol. The maximum atomic E-state index is 14.4. The number of nitrogens with one attached hydrogen (secondary N) is 1. The predicted octanol–water partition coefficient (Wildman–Crippen LogP) is 4.14. The Morgan fingerprint density at radius 1 is 1.07 bits per heavy atom. The van der Waals surface area contributed by atoms with E-state index in [4.69, 9.17) is 5.73 Å². The third kappa shape index (κ3) is 3.41. The molecule has 0 bridgehead atoms. The number of anilines is 1. The lowest BCUT2D eigenvalue weighted by atomic mass is 10.0. The van der Waals surface area contributed by atoms with Crippen LogP contribution in [0.25, 0.3) is 33.4 Å². The maximum Gasteiger partial charge on any atom is 0.132 e. The fourth-order valence-corrected chi connectivity index (χ4v) is 4.15. The van der Waals surface area contributed by atoms with Crippen LogP contribution in [0.1, 0.15) is 19.3 Å². The van der Waals surface area contributed by atoms with Crippen molar-refractivity contribution in [3.05, 3.63) is 60.8 Å². The second kappa shape index (κ2) is 7.84. The molecular weight excluding hydrogens is 379 g/mol. The number of aromatic amines is 1. The molecule has 0 saturated carbocycles. The van der Waals surface area contributed by atoms with E-state index in [0.717, 1.165) is 60.2 Å². The highest BCUT2D eigenvalue weighted by Gasteiger charge is 2.19. The van der Waals surface area contributed by atoms with Crippen LogP contribution in [0.15, 0.2) is 55.0 Å². The lowest BCUT2D eigenvalue weighted by molar-refractivity contribution is 0.601. The van der Waals surface area contributed by atoms with E-state index in [1.54, 1.807) is 18.3 Å². The zero-order valence-corrected chi connectivity index (χ0v) is 16.6. The van der Waals surface area contributed by atoms with Crippen LogP contribution in [0.2, 0.25) is 0 Å². The summed E-state index contributed by atoms with van der Waals surface area (Å²) in [6.45, 7) is 1.87. The van der Waals surface area contributed by atoms with Gasteiger partial charge in [-0.15, -0.1) is 0 Å². The summed E-state index contributed by atoms with van der Waals surface area (Å²) in [6.07, 6.45) is 8.48. The van der Waals surface area contributed by atoms with E-state index in [-0.39, 0.29) is 11.9 Å². The van der Waals surface area contributed by atoms with Gasteiger partial charge in [-0.3, -0.25) is 15.1 Å². The number of rotatable bonds is 3. The van der Waals surface area contributed by atoms with E-state index < -0.39 is 0 Å². The first-order chi connectivity index (χ1) is 14.7. The van der Waals surface area contributed by atoms with Crippen LogP contribution in [0.3, 0.4) is 0 Å². The van der Waals surface area contributed by atoms with Crippen LogP contribution in [-0.4, -0.2) is 39.3 Å². The lowest BCUT2D eigenvalue weighted by Gasteiger charge is -2.25. The fourth-order valence-electron chi connectivity index (χ4n) is 4.15. The molecule has 30 heavy (non-hydrogen) atoms. The third-order valence-electron chi connectivity index (χ3n) is 5.76. The van der Waals surface area contributed by atoms with Gasteiger partial charge in [-0.1, -0.05) is 12.1 Å². The molecule has 4 aromatic rings. The van der Waals surface area contributed by atoms with E-state index in [2.05, 4.69) is 25.1 Å². The number of nitrogens with two attached hydrogens (primary N) is 1. The molecule has 1 aromatic carbocycles. The number of hydrogen-bond acceptors (Lipinski definition) is 5. The molecule has 4 heterocycles. The highest BCUT2D eigenvalue weighted by Crippen LogP contribution is 2.34. The van der Waals surface area contributed by atoms with Gasteiger partial charge in [0.25, 0.3) is 0 Å². The Bertz CT molecular complexity index is 1190. The van der Waals surface area contributed by atoms with Gasteiger partial charge in [-0.25, -0.2) is 4.39 Å². The number of hydrogen-bond donors (Lipinski definition) is 2. The Kier molecular flexibility index (Phi) is 4.88. The first-order valence-electron chi connectivity index (χ1n) is 10.2. The Morgan fingerprint density at radius 3 is 2.87 bits per heavy atom. The lowest BCUT2D eigenvalue weighted by Crippen LogP contribution is -2.26. The minimum atomic E-state index is -0.299. The van der Waals surface area contributed by atoms with Gasteiger partial charge in [0.15, 0.2) is 0 Å². The standard InChI is InChI=1S/C23H23FN6/c24-19-6-2-1-5-16(19)23-17-12-20(27-14-21(17)28-29-23)18-13-26-9-7-22(18)30-10-3-4-15(25)8-11-30/h1-2,5-7,9,12-15H,3-4,8,10-11,25H2,(H,28,29). The van der Waals surface area contributed by atoms with Crippen molar-refractivity contribution in [2.24, 2.45) is 5.73 Å². The molecule has 1 fully saturated rings. The molecule has 3 N–H and O–H groups in total. The van der Waals surface area contributed by atoms with E-state index in [1.165, 1.54) is 6.07 Å². The summed E-state index contributed by atoms with van der Waals surface area (Å²) < 4.78 is 14.4. The Labute approximate surface area is 174 Å². The number of benzene rings is 1. The SMILES string of the molecule is NC1CCCN(c2ccncc2-c2cc3c(-c4ccccc4F)n[nH]c3cn2)CC1. The maximum absolute atomic E-state index is 14.4. The van der Waals surface area contributed by atoms with Crippen molar-refractivity contribution in [3.8, 4) is 22.5 Å². The van der Waals surface area contributed by atoms with E-state index >= 15 is 0 Å². The van der Waals surface area contributed by atoms with Gasteiger partial charge >= 0.3 is 0 Å². The van der Waals surface area contributed by atoms with Crippen LogP contribution in [0.4, 0.5) is 10.1 Å². The average Bonchev–Trinajstić information content (AvgIpc) is 3.07. The van der Waals surface area contributed by atoms with E-state index in [0.29, 0.717) is 11.3 Å². The summed E-state index contributed by atoms with van der Waals surface area (Å²) in [4.78, 5) is 11.4. The van der Waals surface area contributed by atoms with Crippen molar-refractivity contribution in [1.82, 2.24) is 20.2 Å². The summed E-state index contributed by atoms with van der Waals surface area (Å²) in [6, 6.07) is 10.9. The zero-order valence-electron chi connectivity index (χ0n) is 16.6. The van der Waals surface area contributed by atoms with E-state index in [9.17, 15) is 4.39 Å². The first kappa shape index (κ1) is 18.7. The molecule has 3 aromatic heterocycles. The van der Waals surface area contributed by atoms with Crippen molar-refractivity contribution >= 4 is 16.6 Å². The monoisotopic (exact) mass is 402 g/mol. The second-order valence-corrected chi connectivity index (χ2v) is 7.74. The smallest absolute Gasteiger partial charge is 0.132 e. The quantitative estimate of drug-likeness (QED) is 0.538. The van der Waals surface area contributed by atoms with Crippen molar-refractivity contribution in [2.45, 2.75) is 25.3 Å². The molecule has 152 valence electrons. The normalized spacial score (nSPS) is 17.3. The summed E-state index contributed by atoms with van der Waals surface area (Å²) in [5.74, 6) is -0.299. The molecule has 5 rings (SSSR count). The van der Waals surface area contributed by atoms with Gasteiger partial charge in [-0.2, -0.15) is 5.10 Å². The summed E-state index contributed by atoms with van der Waals surface area (Å²) in [5.41, 5.74) is 10.8. The summed E-state index contributed by atoms with van der Waals surface area (Å²) in [7, 11) is 0. The minimum absolute atomic E-state index is 0.254. The van der Waals surface area contributed by atoms with Gasteiger partial charge in [-0.05, 0) is 43.5 Å². The molecule has 1 unspecified atom stereocenters. The molecule has 1 aliphatic heterocycles. The molecule has 0 radical (unpaired) electrons. The second-order valence-electron chi connectivity index (χ2n) is 7.74. The van der Waals surface area contributed by atoms with E-state index in [1.807, 2.05) is 30.6 Å². The largest absolute Gasteiger partial charge is 0.371 e. The Morgan fingerprint density at radius 2 is 1.97 bits per heavy atom. The minimum Gasteiger partial charge on any atom is -0.371 e. The number of halogens is 1. The highest BCUT2D eigenvalue weighted by atomic mass is 19.1. The van der Waals surface area contributed by atoms with Crippen molar-refractivity contribution < 1.29 is 4.39 Å². The van der Waals surface area contributed by atoms with Gasteiger partial charge < -0.3 is 10.6 Å². The molecule has 6 nitrogen and oxygen atoms in total. The van der Waals surface area contributed by atoms with Crippen LogP contribution in [0, 0.1) is 5.82 Å². The third-order valence-corrected chi connectivity index (χ3v) is 5.76. The molecule has 1 saturated heterocycles. The topological polar surface area (TPSA) is 83.7 Å². The number of nitrogens with zero attached hydrogens (tertiary/aromatic N) is 4. The molecule has 0 aliphatic carbocycles. The summed E-state index contributed by atoms with van der Waals surface area (Å²) in [5, 5.41) is 8.15. The zero-order chi connectivity index (χ0) is 20.5. The molecule has 1 aliphatic rings. The van der Waals surface area contributed by atoms with Crippen LogP contribution in [-0.2, 0) is 0 Å². The number of aromatic nitrogens is 4. The number of H-pyrrole nitrogens is 1.